The Hall–Kier alpha value is -4.78. The number of hydrogen-bond donors (Lipinski definition) is 1. The van der Waals surface area contributed by atoms with Crippen LogP contribution in [0.2, 0.25) is 0 Å². The molecule has 1 N–H and O–H groups in total. The standard InChI is InChI=1S/C30H25N3O4/c1-20-16-23(12-13-25(20)37-19-21-8-3-2-4-9-21)28(34)26-27(24-11-5-6-15-32-24)33(30(36)29(26)35)18-22-10-7-14-31-17-22/h2-17,27,34H,18-19H2,1H3/b28-26-. The van der Waals surface area contributed by atoms with Gasteiger partial charge in [0.25, 0.3) is 11.7 Å². The number of aliphatic hydroxyl groups excluding tert-OH is 1. The number of nitrogens with zero attached hydrogens (tertiary/aromatic N) is 3. The quantitative estimate of drug-likeness (QED) is 0.223. The first-order chi connectivity index (χ1) is 18.0. The number of aryl methyl sites for hydroxylation is 1. The first-order valence-corrected chi connectivity index (χ1v) is 11.9. The fraction of sp³-hybridized carbons (Fsp3) is 0.133. The molecule has 2 aromatic carbocycles. The molecule has 5 rings (SSSR count). The molecule has 4 aromatic rings. The Morgan fingerprint density at radius 2 is 1.73 bits per heavy atom. The molecule has 1 fully saturated rings. The monoisotopic (exact) mass is 491 g/mol. The molecule has 0 aliphatic carbocycles. The van der Waals surface area contributed by atoms with Gasteiger partial charge in [0, 0.05) is 30.7 Å². The van der Waals surface area contributed by atoms with Gasteiger partial charge in [0.15, 0.2) is 0 Å². The van der Waals surface area contributed by atoms with Gasteiger partial charge in [-0.05, 0) is 60.0 Å². The molecule has 1 saturated heterocycles. The molecule has 7 nitrogen and oxygen atoms in total. The molecule has 3 heterocycles. The van der Waals surface area contributed by atoms with E-state index in [1.54, 1.807) is 61.1 Å². The SMILES string of the molecule is Cc1cc(/C(O)=C2/C(=O)C(=O)N(Cc3cccnc3)C2c2ccccn2)ccc1OCc1ccccc1. The number of carbonyl (C=O) groups is 2. The van der Waals surface area contributed by atoms with E-state index in [4.69, 9.17) is 4.74 Å². The summed E-state index contributed by atoms with van der Waals surface area (Å²) in [6.45, 7) is 2.43. The summed E-state index contributed by atoms with van der Waals surface area (Å²) >= 11 is 0. The summed E-state index contributed by atoms with van der Waals surface area (Å²) in [4.78, 5) is 36.3. The van der Waals surface area contributed by atoms with Crippen molar-refractivity contribution in [2.75, 3.05) is 0 Å². The van der Waals surface area contributed by atoms with Crippen molar-refractivity contribution in [3.05, 3.63) is 131 Å². The number of ether oxygens (including phenoxy) is 1. The van der Waals surface area contributed by atoms with Gasteiger partial charge < -0.3 is 14.7 Å². The summed E-state index contributed by atoms with van der Waals surface area (Å²) in [5, 5.41) is 11.3. The lowest BCUT2D eigenvalue weighted by molar-refractivity contribution is -0.140. The third-order valence-corrected chi connectivity index (χ3v) is 6.27. The topological polar surface area (TPSA) is 92.6 Å². The third-order valence-electron chi connectivity index (χ3n) is 6.27. The highest BCUT2D eigenvalue weighted by Crippen LogP contribution is 2.40. The van der Waals surface area contributed by atoms with E-state index in [2.05, 4.69) is 9.97 Å². The van der Waals surface area contributed by atoms with Crippen LogP contribution in [0.1, 0.15) is 34.0 Å². The van der Waals surface area contributed by atoms with E-state index in [0.29, 0.717) is 23.6 Å². The van der Waals surface area contributed by atoms with Gasteiger partial charge in [0.2, 0.25) is 0 Å². The molecule has 37 heavy (non-hydrogen) atoms. The normalized spacial score (nSPS) is 16.7. The number of hydrogen-bond acceptors (Lipinski definition) is 6. The van der Waals surface area contributed by atoms with Crippen LogP contribution in [-0.2, 0) is 22.7 Å². The zero-order valence-corrected chi connectivity index (χ0v) is 20.2. The van der Waals surface area contributed by atoms with Crippen LogP contribution >= 0.6 is 0 Å². The van der Waals surface area contributed by atoms with Crippen LogP contribution in [0.25, 0.3) is 5.76 Å². The molecule has 1 aliphatic heterocycles. The van der Waals surface area contributed by atoms with Crippen molar-refractivity contribution in [3.63, 3.8) is 0 Å². The van der Waals surface area contributed by atoms with Gasteiger partial charge in [-0.15, -0.1) is 0 Å². The number of amides is 1. The Bertz CT molecular complexity index is 1450. The second-order valence-electron chi connectivity index (χ2n) is 8.80. The number of likely N-dealkylation sites (tertiary alicyclic amines) is 1. The second kappa shape index (κ2) is 10.5. The van der Waals surface area contributed by atoms with E-state index in [-0.39, 0.29) is 17.9 Å². The van der Waals surface area contributed by atoms with Crippen LogP contribution in [0, 0.1) is 6.92 Å². The van der Waals surface area contributed by atoms with Crippen molar-refractivity contribution in [1.82, 2.24) is 14.9 Å². The van der Waals surface area contributed by atoms with Crippen molar-refractivity contribution in [3.8, 4) is 5.75 Å². The molecule has 2 aromatic heterocycles. The maximum absolute atomic E-state index is 13.2. The predicted molar refractivity (Wildman–Crippen MR) is 138 cm³/mol. The summed E-state index contributed by atoms with van der Waals surface area (Å²) in [5.41, 5.74) is 3.51. The molecule has 184 valence electrons. The third kappa shape index (κ3) is 4.97. The van der Waals surface area contributed by atoms with Gasteiger partial charge >= 0.3 is 0 Å². The van der Waals surface area contributed by atoms with E-state index in [1.165, 1.54) is 4.90 Å². The molecular formula is C30H25N3O4. The molecule has 1 amide bonds. The highest BCUT2D eigenvalue weighted by molar-refractivity contribution is 6.46. The summed E-state index contributed by atoms with van der Waals surface area (Å²) in [5.74, 6) is -1.03. The summed E-state index contributed by atoms with van der Waals surface area (Å²) in [7, 11) is 0. The Morgan fingerprint density at radius 3 is 2.43 bits per heavy atom. The maximum Gasteiger partial charge on any atom is 0.296 e. The zero-order chi connectivity index (χ0) is 25.8. The number of aromatic nitrogens is 2. The molecule has 1 unspecified atom stereocenters. The fourth-order valence-electron chi connectivity index (χ4n) is 4.43. The van der Waals surface area contributed by atoms with Crippen LogP contribution in [0.5, 0.6) is 5.75 Å². The van der Waals surface area contributed by atoms with Crippen molar-refractivity contribution in [1.29, 1.82) is 0 Å². The van der Waals surface area contributed by atoms with E-state index in [0.717, 1.165) is 16.7 Å². The van der Waals surface area contributed by atoms with E-state index in [9.17, 15) is 14.7 Å². The van der Waals surface area contributed by atoms with E-state index < -0.39 is 17.7 Å². The van der Waals surface area contributed by atoms with Crippen LogP contribution in [0.3, 0.4) is 0 Å². The Labute approximate surface area is 214 Å². The molecule has 0 spiro atoms. The number of aliphatic hydroxyl groups is 1. The van der Waals surface area contributed by atoms with Crippen molar-refractivity contribution in [2.45, 2.75) is 26.1 Å². The molecule has 0 radical (unpaired) electrons. The van der Waals surface area contributed by atoms with Gasteiger partial charge in [-0.2, -0.15) is 0 Å². The summed E-state index contributed by atoms with van der Waals surface area (Å²) in [6.07, 6.45) is 4.89. The number of pyridine rings is 2. The average Bonchev–Trinajstić information content (AvgIpc) is 3.18. The predicted octanol–water partition coefficient (Wildman–Crippen LogP) is 4.99. The van der Waals surface area contributed by atoms with Gasteiger partial charge in [-0.25, -0.2) is 0 Å². The molecule has 7 heteroatoms. The number of rotatable bonds is 7. The highest BCUT2D eigenvalue weighted by atomic mass is 16.5. The summed E-state index contributed by atoms with van der Waals surface area (Å²) < 4.78 is 5.95. The maximum atomic E-state index is 13.2. The Kier molecular flexibility index (Phi) is 6.76. The van der Waals surface area contributed by atoms with Gasteiger partial charge in [0.1, 0.15) is 24.2 Å². The van der Waals surface area contributed by atoms with E-state index in [1.807, 2.05) is 43.3 Å². The number of benzene rings is 2. The van der Waals surface area contributed by atoms with Crippen molar-refractivity contribution >= 4 is 17.4 Å². The van der Waals surface area contributed by atoms with Gasteiger partial charge in [0.05, 0.1) is 11.3 Å². The highest BCUT2D eigenvalue weighted by Gasteiger charge is 2.46. The second-order valence-corrected chi connectivity index (χ2v) is 8.80. The largest absolute Gasteiger partial charge is 0.507 e. The first-order valence-electron chi connectivity index (χ1n) is 11.9. The molecular weight excluding hydrogens is 466 g/mol. The van der Waals surface area contributed by atoms with Crippen LogP contribution < -0.4 is 4.74 Å². The Balaban J connectivity index is 1.50. The minimum absolute atomic E-state index is 0.00458. The molecule has 1 aliphatic rings. The number of Topliss-reactive ketones (excluding diaryl/α,β-unsaturated/α-hetero) is 1. The molecule has 1 atom stereocenters. The van der Waals surface area contributed by atoms with Gasteiger partial charge in [-0.1, -0.05) is 42.5 Å². The molecule has 0 bridgehead atoms. The smallest absolute Gasteiger partial charge is 0.296 e. The minimum Gasteiger partial charge on any atom is -0.507 e. The minimum atomic E-state index is -0.837. The van der Waals surface area contributed by atoms with Crippen molar-refractivity contribution < 1.29 is 19.4 Å². The van der Waals surface area contributed by atoms with Crippen molar-refractivity contribution in [2.24, 2.45) is 0 Å². The number of carbonyl (C=O) groups excluding carboxylic acids is 2. The zero-order valence-electron chi connectivity index (χ0n) is 20.2. The average molecular weight is 492 g/mol. The van der Waals surface area contributed by atoms with Gasteiger partial charge in [-0.3, -0.25) is 19.6 Å². The van der Waals surface area contributed by atoms with Crippen LogP contribution in [-0.4, -0.2) is 31.7 Å². The molecule has 0 saturated carbocycles. The lowest BCUT2D eigenvalue weighted by atomic mass is 9.97. The number of ketones is 1. The summed E-state index contributed by atoms with van der Waals surface area (Å²) in [6, 6.07) is 23.1. The fourth-order valence-corrected chi connectivity index (χ4v) is 4.43. The Morgan fingerprint density at radius 1 is 0.946 bits per heavy atom. The van der Waals surface area contributed by atoms with Crippen LogP contribution in [0.15, 0.2) is 103 Å². The first kappa shape index (κ1) is 23.9. The lowest BCUT2D eigenvalue weighted by Crippen LogP contribution is -2.29. The van der Waals surface area contributed by atoms with Crippen LogP contribution in [0.4, 0.5) is 0 Å². The van der Waals surface area contributed by atoms with E-state index >= 15 is 0 Å². The lowest BCUT2D eigenvalue weighted by Gasteiger charge is -2.24.